The normalized spacial score (nSPS) is 15.2. The lowest BCUT2D eigenvalue weighted by Gasteiger charge is -2.05. The fraction of sp³-hybridized carbons (Fsp3) is 0.364. The zero-order chi connectivity index (χ0) is 14.8. The summed E-state index contributed by atoms with van der Waals surface area (Å²) in [5.74, 6) is 0. The number of nitro groups is 1. The quantitative estimate of drug-likeness (QED) is 0.644. The fourth-order valence-corrected chi connectivity index (χ4v) is 2.50. The number of nitrogens with two attached hydrogens (primary N) is 1. The topological polar surface area (TPSA) is 128 Å². The van der Waals surface area contributed by atoms with Crippen LogP contribution >= 0.6 is 0 Å². The largest absolute Gasteiger partial charge is 0.295 e. The molecule has 0 atom stereocenters. The molecule has 1 aliphatic rings. The van der Waals surface area contributed by atoms with E-state index < -0.39 is 14.9 Å². The van der Waals surface area contributed by atoms with Crippen molar-refractivity contribution in [2.24, 2.45) is 10.2 Å². The molecule has 0 unspecified atom stereocenters. The van der Waals surface area contributed by atoms with Gasteiger partial charge in [-0.1, -0.05) is 0 Å². The summed E-state index contributed by atoms with van der Waals surface area (Å²) in [7, 11) is -3.97. The number of benzene rings is 1. The first-order valence-corrected chi connectivity index (χ1v) is 7.55. The number of nitrogens with zero attached hydrogens (tertiary/aromatic N) is 2. The summed E-state index contributed by atoms with van der Waals surface area (Å²) in [6, 6.07) is 3.42. The molecule has 9 heteroatoms. The van der Waals surface area contributed by atoms with Crippen molar-refractivity contribution >= 4 is 27.1 Å². The van der Waals surface area contributed by atoms with Crippen LogP contribution in [-0.4, -0.2) is 19.1 Å². The maximum Gasteiger partial charge on any atom is 0.295 e. The van der Waals surface area contributed by atoms with Crippen molar-refractivity contribution in [2.45, 2.75) is 30.6 Å². The van der Waals surface area contributed by atoms with Crippen LogP contribution in [0.3, 0.4) is 0 Å². The maximum absolute atomic E-state index is 11.2. The molecule has 0 aromatic heterocycles. The second-order valence-electron chi connectivity index (χ2n) is 4.48. The molecule has 0 aliphatic heterocycles. The van der Waals surface area contributed by atoms with Crippen molar-refractivity contribution in [1.82, 2.24) is 0 Å². The first kappa shape index (κ1) is 14.4. The Morgan fingerprint density at radius 2 is 1.95 bits per heavy atom. The van der Waals surface area contributed by atoms with Crippen molar-refractivity contribution in [3.8, 4) is 0 Å². The highest BCUT2D eigenvalue weighted by atomic mass is 32.2. The molecule has 1 fully saturated rings. The van der Waals surface area contributed by atoms with E-state index in [4.69, 9.17) is 5.14 Å². The van der Waals surface area contributed by atoms with E-state index in [1.165, 1.54) is 12.1 Å². The number of anilines is 1. The molecular weight excluding hydrogens is 284 g/mol. The Kier molecular flexibility index (Phi) is 4.00. The van der Waals surface area contributed by atoms with Gasteiger partial charge in [-0.05, 0) is 37.8 Å². The Hall–Kier alpha value is -2.00. The van der Waals surface area contributed by atoms with E-state index in [0.29, 0.717) is 0 Å². The second-order valence-corrected chi connectivity index (χ2v) is 6.04. The first-order valence-electron chi connectivity index (χ1n) is 6.00. The number of sulfonamides is 1. The lowest BCUT2D eigenvalue weighted by molar-refractivity contribution is -0.384. The Morgan fingerprint density at radius 1 is 1.30 bits per heavy atom. The molecule has 1 saturated carbocycles. The van der Waals surface area contributed by atoms with E-state index in [1.54, 1.807) is 0 Å². The van der Waals surface area contributed by atoms with Gasteiger partial charge < -0.3 is 0 Å². The van der Waals surface area contributed by atoms with Crippen molar-refractivity contribution in [3.63, 3.8) is 0 Å². The zero-order valence-corrected chi connectivity index (χ0v) is 11.4. The van der Waals surface area contributed by atoms with Crippen LogP contribution in [0.15, 0.2) is 28.2 Å². The molecule has 0 amide bonds. The van der Waals surface area contributed by atoms with E-state index >= 15 is 0 Å². The number of hydrogen-bond donors (Lipinski definition) is 2. The molecule has 0 radical (unpaired) electrons. The van der Waals surface area contributed by atoms with Gasteiger partial charge in [0.05, 0.1) is 9.82 Å². The van der Waals surface area contributed by atoms with Gasteiger partial charge >= 0.3 is 0 Å². The van der Waals surface area contributed by atoms with E-state index in [2.05, 4.69) is 10.5 Å². The van der Waals surface area contributed by atoms with Crippen molar-refractivity contribution < 1.29 is 13.3 Å². The summed E-state index contributed by atoms with van der Waals surface area (Å²) >= 11 is 0. The number of rotatable bonds is 4. The summed E-state index contributed by atoms with van der Waals surface area (Å²) in [6.07, 6.45) is 3.87. The predicted molar refractivity (Wildman–Crippen MR) is 74.0 cm³/mol. The van der Waals surface area contributed by atoms with Gasteiger partial charge in [-0.15, -0.1) is 0 Å². The molecule has 108 valence electrons. The van der Waals surface area contributed by atoms with E-state index in [-0.39, 0.29) is 16.3 Å². The van der Waals surface area contributed by atoms with Gasteiger partial charge in [0.2, 0.25) is 10.0 Å². The van der Waals surface area contributed by atoms with Crippen LogP contribution in [0.5, 0.6) is 0 Å². The highest BCUT2D eigenvalue weighted by Crippen LogP contribution is 2.27. The third kappa shape index (κ3) is 3.31. The highest BCUT2D eigenvalue weighted by molar-refractivity contribution is 7.89. The Labute approximate surface area is 115 Å². The van der Waals surface area contributed by atoms with Crippen molar-refractivity contribution in [3.05, 3.63) is 28.3 Å². The van der Waals surface area contributed by atoms with Crippen LogP contribution in [0.25, 0.3) is 0 Å². The van der Waals surface area contributed by atoms with Crippen LogP contribution in [0.1, 0.15) is 25.7 Å². The van der Waals surface area contributed by atoms with Gasteiger partial charge in [0.25, 0.3) is 5.69 Å². The van der Waals surface area contributed by atoms with Gasteiger partial charge in [-0.25, -0.2) is 13.6 Å². The molecule has 0 spiro atoms. The maximum atomic E-state index is 11.2. The zero-order valence-electron chi connectivity index (χ0n) is 10.6. The monoisotopic (exact) mass is 298 g/mol. The average molecular weight is 298 g/mol. The Balaban J connectivity index is 2.33. The number of hydrazone groups is 1. The number of nitrogens with one attached hydrogen (secondary N) is 1. The van der Waals surface area contributed by atoms with Gasteiger partial charge in [-0.3, -0.25) is 15.5 Å². The smallest absolute Gasteiger partial charge is 0.272 e. The number of nitro benzene ring substituents is 1. The lowest BCUT2D eigenvalue weighted by atomic mass is 10.3. The lowest BCUT2D eigenvalue weighted by Crippen LogP contribution is -2.12. The van der Waals surface area contributed by atoms with Gasteiger partial charge in [-0.2, -0.15) is 5.10 Å². The highest BCUT2D eigenvalue weighted by Gasteiger charge is 2.19. The molecule has 3 N–H and O–H groups in total. The summed E-state index contributed by atoms with van der Waals surface area (Å²) < 4.78 is 22.4. The molecule has 1 aromatic rings. The van der Waals surface area contributed by atoms with Gasteiger partial charge in [0.15, 0.2) is 0 Å². The van der Waals surface area contributed by atoms with E-state index in [9.17, 15) is 18.5 Å². The summed E-state index contributed by atoms with van der Waals surface area (Å²) in [5, 5.41) is 20.0. The van der Waals surface area contributed by atoms with Crippen molar-refractivity contribution in [1.29, 1.82) is 0 Å². The minimum atomic E-state index is -3.97. The SMILES string of the molecule is NS(=O)(=O)c1ccc(NN=C2CCCC2)c([N+](=O)[O-])c1. The van der Waals surface area contributed by atoms with E-state index in [0.717, 1.165) is 37.5 Å². The summed E-state index contributed by atoms with van der Waals surface area (Å²) in [5.41, 5.74) is 3.34. The van der Waals surface area contributed by atoms with Crippen LogP contribution < -0.4 is 10.6 Å². The van der Waals surface area contributed by atoms with E-state index in [1.807, 2.05) is 0 Å². The molecule has 2 rings (SSSR count). The minimum Gasteiger partial charge on any atom is -0.272 e. The molecule has 1 aromatic carbocycles. The number of hydrogen-bond acceptors (Lipinski definition) is 6. The van der Waals surface area contributed by atoms with Crippen LogP contribution in [-0.2, 0) is 10.0 Å². The fourth-order valence-electron chi connectivity index (χ4n) is 1.97. The number of primary sulfonamides is 1. The minimum absolute atomic E-state index is 0.141. The van der Waals surface area contributed by atoms with Crippen LogP contribution in [0, 0.1) is 10.1 Å². The Morgan fingerprint density at radius 3 is 2.50 bits per heavy atom. The molecule has 1 aliphatic carbocycles. The standard InChI is InChI=1S/C11H14N4O4S/c12-20(18,19)9-5-6-10(11(7-9)15(16)17)14-13-8-3-1-2-4-8/h5-7,14H,1-4H2,(H2,12,18,19). The van der Waals surface area contributed by atoms with Gasteiger partial charge in [0, 0.05) is 11.8 Å². The van der Waals surface area contributed by atoms with Crippen LogP contribution in [0.4, 0.5) is 11.4 Å². The third-order valence-corrected chi connectivity index (χ3v) is 3.92. The molecule has 8 nitrogen and oxygen atoms in total. The second kappa shape index (κ2) is 5.55. The Bertz CT molecular complexity index is 661. The summed E-state index contributed by atoms with van der Waals surface area (Å²) in [6.45, 7) is 0. The molecule has 0 bridgehead atoms. The molecule has 0 saturated heterocycles. The molecule has 20 heavy (non-hydrogen) atoms. The molecular formula is C11H14N4O4S. The first-order chi connectivity index (χ1) is 9.38. The van der Waals surface area contributed by atoms with Crippen LogP contribution in [0.2, 0.25) is 0 Å². The van der Waals surface area contributed by atoms with Crippen molar-refractivity contribution in [2.75, 3.05) is 5.43 Å². The third-order valence-electron chi connectivity index (χ3n) is 3.01. The van der Waals surface area contributed by atoms with Gasteiger partial charge in [0.1, 0.15) is 5.69 Å². The predicted octanol–water partition coefficient (Wildman–Crippen LogP) is 1.58. The summed E-state index contributed by atoms with van der Waals surface area (Å²) in [4.78, 5) is 10.0. The molecule has 0 heterocycles. The average Bonchev–Trinajstić information content (AvgIpc) is 2.88.